The smallest absolute Gasteiger partial charge is 0.156 e. The van der Waals surface area contributed by atoms with Gasteiger partial charge in [-0.05, 0) is 26.3 Å². The average molecular weight is 235 g/mol. The van der Waals surface area contributed by atoms with Crippen LogP contribution in [0.4, 0.5) is 0 Å². The van der Waals surface area contributed by atoms with E-state index in [1.165, 1.54) is 0 Å². The summed E-state index contributed by atoms with van der Waals surface area (Å²) >= 11 is 0. The van der Waals surface area contributed by atoms with Gasteiger partial charge in [0.25, 0.3) is 0 Å². The van der Waals surface area contributed by atoms with Gasteiger partial charge in [0.1, 0.15) is 0 Å². The zero-order chi connectivity index (χ0) is 11.3. The lowest BCUT2D eigenvalue weighted by atomic mass is 10.3. The van der Waals surface area contributed by atoms with Crippen LogP contribution in [0.5, 0.6) is 0 Å². The standard InChI is InChI=1S/C10H21NO3S/c1-3-11-7-9(2)15(12,13)8-10-5-4-6-14-10/h9-11H,3-8H2,1-2H3. The summed E-state index contributed by atoms with van der Waals surface area (Å²) in [6, 6.07) is 0. The van der Waals surface area contributed by atoms with E-state index in [-0.39, 0.29) is 17.1 Å². The van der Waals surface area contributed by atoms with Crippen LogP contribution in [0.25, 0.3) is 0 Å². The molecule has 2 unspecified atom stereocenters. The number of hydrogen-bond acceptors (Lipinski definition) is 4. The van der Waals surface area contributed by atoms with Gasteiger partial charge in [-0.15, -0.1) is 0 Å². The lowest BCUT2D eigenvalue weighted by Gasteiger charge is -2.16. The maximum absolute atomic E-state index is 11.9. The van der Waals surface area contributed by atoms with E-state index in [1.54, 1.807) is 6.92 Å². The van der Waals surface area contributed by atoms with Crippen molar-refractivity contribution in [3.8, 4) is 0 Å². The quantitative estimate of drug-likeness (QED) is 0.731. The van der Waals surface area contributed by atoms with Crippen molar-refractivity contribution in [2.45, 2.75) is 38.0 Å². The minimum absolute atomic E-state index is 0.0703. The third-order valence-electron chi connectivity index (χ3n) is 2.74. The van der Waals surface area contributed by atoms with Crippen LogP contribution in [-0.2, 0) is 14.6 Å². The molecule has 0 saturated carbocycles. The van der Waals surface area contributed by atoms with Crippen molar-refractivity contribution in [3.63, 3.8) is 0 Å². The molecule has 15 heavy (non-hydrogen) atoms. The molecule has 1 aliphatic rings. The molecule has 1 aliphatic heterocycles. The predicted molar refractivity (Wildman–Crippen MR) is 60.8 cm³/mol. The van der Waals surface area contributed by atoms with Crippen LogP contribution in [0.15, 0.2) is 0 Å². The molecule has 1 N–H and O–H groups in total. The van der Waals surface area contributed by atoms with Crippen LogP contribution in [-0.4, -0.2) is 45.2 Å². The molecule has 5 heteroatoms. The van der Waals surface area contributed by atoms with Crippen molar-refractivity contribution in [1.82, 2.24) is 5.32 Å². The van der Waals surface area contributed by atoms with Crippen molar-refractivity contribution < 1.29 is 13.2 Å². The molecule has 90 valence electrons. The van der Waals surface area contributed by atoms with E-state index >= 15 is 0 Å². The van der Waals surface area contributed by atoms with Crippen molar-refractivity contribution in [3.05, 3.63) is 0 Å². The molecule has 0 amide bonds. The van der Waals surface area contributed by atoms with Gasteiger partial charge in [0.05, 0.1) is 17.1 Å². The van der Waals surface area contributed by atoms with Gasteiger partial charge in [-0.2, -0.15) is 0 Å². The third kappa shape index (κ3) is 4.09. The van der Waals surface area contributed by atoms with E-state index in [0.29, 0.717) is 13.2 Å². The second-order valence-corrected chi connectivity index (χ2v) is 6.55. The summed E-state index contributed by atoms with van der Waals surface area (Å²) in [5.41, 5.74) is 0. The van der Waals surface area contributed by atoms with Gasteiger partial charge in [-0.25, -0.2) is 8.42 Å². The lowest BCUT2D eigenvalue weighted by molar-refractivity contribution is 0.127. The highest BCUT2D eigenvalue weighted by Crippen LogP contribution is 2.16. The number of nitrogens with one attached hydrogen (secondary N) is 1. The fourth-order valence-electron chi connectivity index (χ4n) is 1.67. The van der Waals surface area contributed by atoms with E-state index in [4.69, 9.17) is 4.74 Å². The van der Waals surface area contributed by atoms with E-state index in [9.17, 15) is 8.42 Å². The summed E-state index contributed by atoms with van der Waals surface area (Å²) in [5.74, 6) is 0.180. The van der Waals surface area contributed by atoms with Gasteiger partial charge in [0.15, 0.2) is 9.84 Å². The Morgan fingerprint density at radius 1 is 1.53 bits per heavy atom. The summed E-state index contributed by atoms with van der Waals surface area (Å²) in [4.78, 5) is 0. The molecule has 4 nitrogen and oxygen atoms in total. The molecule has 0 bridgehead atoms. The van der Waals surface area contributed by atoms with Gasteiger partial charge >= 0.3 is 0 Å². The van der Waals surface area contributed by atoms with Crippen LogP contribution in [0.3, 0.4) is 0 Å². The lowest BCUT2D eigenvalue weighted by Crippen LogP contribution is -2.35. The maximum atomic E-state index is 11.9. The van der Waals surface area contributed by atoms with Crippen molar-refractivity contribution >= 4 is 9.84 Å². The molecule has 0 aromatic rings. The summed E-state index contributed by atoms with van der Waals surface area (Å²) in [6.07, 6.45) is 1.80. The number of hydrogen-bond donors (Lipinski definition) is 1. The Morgan fingerprint density at radius 3 is 2.80 bits per heavy atom. The summed E-state index contributed by atoms with van der Waals surface area (Å²) in [7, 11) is -3.00. The van der Waals surface area contributed by atoms with Crippen molar-refractivity contribution in [1.29, 1.82) is 0 Å². The molecular formula is C10H21NO3S. The van der Waals surface area contributed by atoms with Crippen LogP contribution < -0.4 is 5.32 Å². The molecule has 0 aromatic heterocycles. The predicted octanol–water partition coefficient (Wildman–Crippen LogP) is 0.578. The molecule has 0 spiro atoms. The third-order valence-corrected chi connectivity index (χ3v) is 4.97. The highest BCUT2D eigenvalue weighted by atomic mass is 32.2. The molecule has 2 atom stereocenters. The Balaban J connectivity index is 2.42. The van der Waals surface area contributed by atoms with E-state index in [0.717, 1.165) is 19.4 Å². The highest BCUT2D eigenvalue weighted by molar-refractivity contribution is 7.92. The highest BCUT2D eigenvalue weighted by Gasteiger charge is 2.27. The number of ether oxygens (including phenoxy) is 1. The Kier molecular flexibility index (Phi) is 5.02. The van der Waals surface area contributed by atoms with Gasteiger partial charge in [0.2, 0.25) is 0 Å². The minimum atomic E-state index is -3.00. The van der Waals surface area contributed by atoms with Crippen LogP contribution in [0.1, 0.15) is 26.7 Å². The zero-order valence-electron chi connectivity index (χ0n) is 9.53. The minimum Gasteiger partial charge on any atom is -0.377 e. The monoisotopic (exact) mass is 235 g/mol. The fraction of sp³-hybridized carbons (Fsp3) is 1.00. The Morgan fingerprint density at radius 2 is 2.27 bits per heavy atom. The van der Waals surface area contributed by atoms with Crippen molar-refractivity contribution in [2.75, 3.05) is 25.4 Å². The van der Waals surface area contributed by atoms with Gasteiger partial charge in [-0.3, -0.25) is 0 Å². The molecule has 1 heterocycles. The first-order valence-electron chi connectivity index (χ1n) is 5.60. The average Bonchev–Trinajstić information content (AvgIpc) is 2.65. The zero-order valence-corrected chi connectivity index (χ0v) is 10.3. The maximum Gasteiger partial charge on any atom is 0.156 e. The second-order valence-electron chi connectivity index (χ2n) is 4.08. The Bertz CT molecular complexity index is 270. The van der Waals surface area contributed by atoms with E-state index < -0.39 is 9.84 Å². The number of sulfone groups is 1. The molecular weight excluding hydrogens is 214 g/mol. The topological polar surface area (TPSA) is 55.4 Å². The summed E-state index contributed by atoms with van der Waals surface area (Å²) in [6.45, 7) is 5.78. The second kappa shape index (κ2) is 5.82. The molecule has 1 saturated heterocycles. The van der Waals surface area contributed by atoms with Crippen LogP contribution >= 0.6 is 0 Å². The van der Waals surface area contributed by atoms with Gasteiger partial charge in [0, 0.05) is 13.2 Å². The Labute approximate surface area is 92.3 Å². The molecule has 0 radical (unpaired) electrons. The summed E-state index contributed by atoms with van der Waals surface area (Å²) in [5, 5.41) is 2.74. The van der Waals surface area contributed by atoms with Gasteiger partial charge < -0.3 is 10.1 Å². The fourth-order valence-corrected chi connectivity index (χ4v) is 3.16. The van der Waals surface area contributed by atoms with E-state index in [1.807, 2.05) is 6.92 Å². The van der Waals surface area contributed by atoms with E-state index in [2.05, 4.69) is 5.32 Å². The van der Waals surface area contributed by atoms with Crippen LogP contribution in [0.2, 0.25) is 0 Å². The largest absolute Gasteiger partial charge is 0.377 e. The molecule has 0 aromatic carbocycles. The summed E-state index contributed by atoms with van der Waals surface area (Å²) < 4.78 is 29.1. The molecule has 1 rings (SSSR count). The SMILES string of the molecule is CCNCC(C)S(=O)(=O)CC1CCCO1. The van der Waals surface area contributed by atoms with Gasteiger partial charge in [-0.1, -0.05) is 6.92 Å². The van der Waals surface area contributed by atoms with Crippen molar-refractivity contribution in [2.24, 2.45) is 0 Å². The van der Waals surface area contributed by atoms with Crippen LogP contribution in [0, 0.1) is 0 Å². The number of rotatable bonds is 6. The molecule has 1 fully saturated rings. The molecule has 0 aliphatic carbocycles. The first-order chi connectivity index (χ1) is 7.06. The normalized spacial score (nSPS) is 24.3. The first-order valence-corrected chi connectivity index (χ1v) is 7.31. The Hall–Kier alpha value is -0.130. The first kappa shape index (κ1) is 12.9.